The summed E-state index contributed by atoms with van der Waals surface area (Å²) in [6.45, 7) is 0.386. The number of Topliss-reactive ketones (excluding diaryl/α,β-unsaturated/α-hetero) is 1. The Balaban J connectivity index is 2.47. The van der Waals surface area contributed by atoms with E-state index >= 15 is 0 Å². The molecule has 0 heterocycles. The molecule has 0 spiro atoms. The van der Waals surface area contributed by atoms with Crippen molar-refractivity contribution in [2.75, 3.05) is 20.8 Å². The van der Waals surface area contributed by atoms with E-state index in [2.05, 4.69) is 5.92 Å². The van der Waals surface area contributed by atoms with Gasteiger partial charge in [-0.3, -0.25) is 9.59 Å². The second-order valence-corrected chi connectivity index (χ2v) is 4.32. The Hall–Kier alpha value is -2.58. The van der Waals surface area contributed by atoms with Crippen molar-refractivity contribution in [1.29, 1.82) is 0 Å². The number of hydrogen-bond donors (Lipinski definition) is 0. The zero-order valence-electron chi connectivity index (χ0n) is 11.8. The lowest BCUT2D eigenvalue weighted by molar-refractivity contribution is 0.0914. The predicted octanol–water partition coefficient (Wildman–Crippen LogP) is 1.75. The van der Waals surface area contributed by atoms with Gasteiger partial charge in [-0.15, -0.1) is 6.42 Å². The molecule has 21 heavy (non-hydrogen) atoms. The summed E-state index contributed by atoms with van der Waals surface area (Å²) in [6.07, 6.45) is 6.28. The molecule has 1 aliphatic rings. The summed E-state index contributed by atoms with van der Waals surface area (Å²) < 4.78 is 15.4. The van der Waals surface area contributed by atoms with Crippen molar-refractivity contribution in [3.63, 3.8) is 0 Å². The van der Waals surface area contributed by atoms with E-state index in [0.29, 0.717) is 11.3 Å². The van der Waals surface area contributed by atoms with Crippen LogP contribution in [0.2, 0.25) is 0 Å². The fourth-order valence-electron chi connectivity index (χ4n) is 2.12. The molecule has 0 aliphatic heterocycles. The minimum atomic E-state index is -0.357. The summed E-state index contributed by atoms with van der Waals surface area (Å²) in [6, 6.07) is 3.26. The van der Waals surface area contributed by atoms with Gasteiger partial charge in [-0.1, -0.05) is 5.92 Å². The standard InChI is InChI=1S/C16H14O5/c1-4-5-21-9-10-6-11-15(13(7-10)19-2)12(17)8-14(20-3)16(11)18/h1,6-8H,5,9H2,2-3H3. The maximum atomic E-state index is 12.3. The van der Waals surface area contributed by atoms with Crippen LogP contribution in [0.1, 0.15) is 26.3 Å². The summed E-state index contributed by atoms with van der Waals surface area (Å²) in [7, 11) is 2.79. The van der Waals surface area contributed by atoms with Crippen LogP contribution in [0.3, 0.4) is 0 Å². The van der Waals surface area contributed by atoms with E-state index in [1.165, 1.54) is 20.3 Å². The summed E-state index contributed by atoms with van der Waals surface area (Å²) >= 11 is 0. The number of hydrogen-bond acceptors (Lipinski definition) is 5. The van der Waals surface area contributed by atoms with E-state index < -0.39 is 0 Å². The molecule has 0 atom stereocenters. The highest BCUT2D eigenvalue weighted by Gasteiger charge is 2.30. The Morgan fingerprint density at radius 3 is 2.57 bits per heavy atom. The van der Waals surface area contributed by atoms with Crippen molar-refractivity contribution in [2.24, 2.45) is 0 Å². The Morgan fingerprint density at radius 2 is 1.95 bits per heavy atom. The highest BCUT2D eigenvalue weighted by molar-refractivity contribution is 6.24. The number of carbonyl (C=O) groups excluding carboxylic acids is 2. The van der Waals surface area contributed by atoms with Crippen LogP contribution in [0, 0.1) is 12.3 Å². The first kappa shape index (κ1) is 14.8. The monoisotopic (exact) mass is 286 g/mol. The molecule has 0 aromatic heterocycles. The van der Waals surface area contributed by atoms with E-state index in [-0.39, 0.29) is 41.7 Å². The van der Waals surface area contributed by atoms with Crippen molar-refractivity contribution in [3.8, 4) is 18.1 Å². The van der Waals surface area contributed by atoms with Gasteiger partial charge in [0.15, 0.2) is 11.5 Å². The second kappa shape index (κ2) is 6.25. The summed E-state index contributed by atoms with van der Waals surface area (Å²) in [5, 5.41) is 0. The fourth-order valence-corrected chi connectivity index (χ4v) is 2.12. The smallest absolute Gasteiger partial charge is 0.228 e. The number of methoxy groups -OCH3 is 2. The molecule has 0 amide bonds. The normalized spacial score (nSPS) is 13.3. The molecule has 0 N–H and O–H groups in total. The molecule has 0 saturated heterocycles. The van der Waals surface area contributed by atoms with Crippen LogP contribution in [0.25, 0.3) is 0 Å². The van der Waals surface area contributed by atoms with Crippen molar-refractivity contribution in [1.82, 2.24) is 0 Å². The van der Waals surface area contributed by atoms with Crippen LogP contribution in [0.15, 0.2) is 24.0 Å². The molecule has 1 aromatic rings. The quantitative estimate of drug-likeness (QED) is 0.609. The number of fused-ring (bicyclic) bond motifs is 1. The fraction of sp³-hybridized carbons (Fsp3) is 0.250. The van der Waals surface area contributed by atoms with Gasteiger partial charge in [0.1, 0.15) is 12.4 Å². The van der Waals surface area contributed by atoms with Crippen LogP contribution in [0.5, 0.6) is 5.75 Å². The van der Waals surface area contributed by atoms with Gasteiger partial charge in [0.2, 0.25) is 5.78 Å². The molecule has 108 valence electrons. The zero-order chi connectivity index (χ0) is 15.4. The molecule has 1 aromatic carbocycles. The molecule has 0 radical (unpaired) electrons. The second-order valence-electron chi connectivity index (χ2n) is 4.32. The van der Waals surface area contributed by atoms with Gasteiger partial charge in [-0.05, 0) is 17.7 Å². The van der Waals surface area contributed by atoms with Crippen molar-refractivity contribution in [2.45, 2.75) is 6.61 Å². The van der Waals surface area contributed by atoms with Crippen LogP contribution in [-0.2, 0) is 16.1 Å². The highest BCUT2D eigenvalue weighted by atomic mass is 16.5. The molecule has 1 aliphatic carbocycles. The van der Waals surface area contributed by atoms with E-state index in [1.54, 1.807) is 12.1 Å². The number of carbonyl (C=O) groups is 2. The Morgan fingerprint density at radius 1 is 1.19 bits per heavy atom. The van der Waals surface area contributed by atoms with Gasteiger partial charge < -0.3 is 14.2 Å². The topological polar surface area (TPSA) is 61.8 Å². The average molecular weight is 286 g/mol. The minimum absolute atomic E-state index is 0.0104. The molecule has 0 unspecified atom stereocenters. The van der Waals surface area contributed by atoms with E-state index in [4.69, 9.17) is 20.6 Å². The summed E-state index contributed by atoms with van der Waals surface area (Å²) in [4.78, 5) is 24.4. The van der Waals surface area contributed by atoms with E-state index in [1.807, 2.05) is 0 Å². The first-order valence-electron chi connectivity index (χ1n) is 6.19. The number of ether oxygens (including phenoxy) is 3. The van der Waals surface area contributed by atoms with E-state index in [0.717, 1.165) is 0 Å². The Bertz CT molecular complexity index is 664. The first-order chi connectivity index (χ1) is 10.1. The van der Waals surface area contributed by atoms with Crippen molar-refractivity contribution >= 4 is 11.6 Å². The number of allylic oxidation sites excluding steroid dienone is 2. The molecule has 0 saturated carbocycles. The first-order valence-corrected chi connectivity index (χ1v) is 6.19. The van der Waals surface area contributed by atoms with Crippen LogP contribution < -0.4 is 4.74 Å². The van der Waals surface area contributed by atoms with Crippen LogP contribution in [0.4, 0.5) is 0 Å². The lowest BCUT2D eigenvalue weighted by Gasteiger charge is -2.18. The Kier molecular flexibility index (Phi) is 4.41. The SMILES string of the molecule is C#CCOCc1cc(OC)c2c(c1)C(=O)C(OC)=CC2=O. The minimum Gasteiger partial charge on any atom is -0.496 e. The molecule has 0 bridgehead atoms. The van der Waals surface area contributed by atoms with Gasteiger partial charge in [0.05, 0.1) is 26.4 Å². The average Bonchev–Trinajstić information content (AvgIpc) is 2.50. The largest absolute Gasteiger partial charge is 0.496 e. The van der Waals surface area contributed by atoms with Gasteiger partial charge in [-0.25, -0.2) is 0 Å². The number of terminal acetylenes is 1. The lowest BCUT2D eigenvalue weighted by Crippen LogP contribution is -2.19. The van der Waals surface area contributed by atoms with Crippen molar-refractivity contribution < 1.29 is 23.8 Å². The molecular formula is C16H14O5. The van der Waals surface area contributed by atoms with Crippen LogP contribution in [-0.4, -0.2) is 32.4 Å². The molecule has 5 heteroatoms. The van der Waals surface area contributed by atoms with Gasteiger partial charge in [-0.2, -0.15) is 0 Å². The molecule has 0 fully saturated rings. The van der Waals surface area contributed by atoms with Gasteiger partial charge >= 0.3 is 0 Å². The number of ketones is 2. The third-order valence-electron chi connectivity index (χ3n) is 3.03. The third-order valence-corrected chi connectivity index (χ3v) is 3.03. The van der Waals surface area contributed by atoms with E-state index in [9.17, 15) is 9.59 Å². The van der Waals surface area contributed by atoms with Crippen molar-refractivity contribution in [3.05, 3.63) is 40.7 Å². The molecule has 5 nitrogen and oxygen atoms in total. The summed E-state index contributed by atoms with van der Waals surface area (Å²) in [5.41, 5.74) is 1.18. The zero-order valence-corrected chi connectivity index (χ0v) is 11.8. The number of benzene rings is 1. The summed E-state index contributed by atoms with van der Waals surface area (Å²) in [5.74, 6) is 2.02. The van der Waals surface area contributed by atoms with Gasteiger partial charge in [0, 0.05) is 11.6 Å². The number of rotatable bonds is 5. The molecule has 2 rings (SSSR count). The third kappa shape index (κ3) is 2.81. The molecular weight excluding hydrogens is 272 g/mol. The Labute approximate surface area is 122 Å². The van der Waals surface area contributed by atoms with Crippen LogP contribution >= 0.6 is 0 Å². The van der Waals surface area contributed by atoms with Gasteiger partial charge in [0.25, 0.3) is 0 Å². The lowest BCUT2D eigenvalue weighted by atomic mass is 9.91. The maximum Gasteiger partial charge on any atom is 0.228 e. The highest BCUT2D eigenvalue weighted by Crippen LogP contribution is 2.31. The maximum absolute atomic E-state index is 12.3. The predicted molar refractivity (Wildman–Crippen MR) is 75.2 cm³/mol.